The highest BCUT2D eigenvalue weighted by atomic mass is 19.2. The minimum atomic E-state index is -2.16. The van der Waals surface area contributed by atoms with Crippen molar-refractivity contribution in [2.75, 3.05) is 6.61 Å². The molecule has 0 aliphatic rings. The molecular formula is C14H12F4N2O4. The van der Waals surface area contributed by atoms with Gasteiger partial charge in [-0.3, -0.25) is 0 Å². The number of carbonyl (C=O) groups is 1. The number of aliphatic hydroxyl groups excluding tert-OH is 1. The van der Waals surface area contributed by atoms with Gasteiger partial charge in [-0.1, -0.05) is 5.16 Å². The molecule has 1 aromatic rings. The number of benzene rings is 1. The van der Waals surface area contributed by atoms with Crippen molar-refractivity contribution >= 4 is 23.8 Å². The number of ether oxygens (including phenoxy) is 1. The van der Waals surface area contributed by atoms with Crippen molar-refractivity contribution in [3.8, 4) is 0 Å². The fourth-order valence-electron chi connectivity index (χ4n) is 1.49. The molecule has 6 nitrogen and oxygen atoms in total. The Hall–Kier alpha value is -2.91. The Balaban J connectivity index is 3.58. The van der Waals surface area contributed by atoms with Crippen LogP contribution in [0.1, 0.15) is 19.4 Å². The molecule has 0 saturated carbocycles. The molecule has 1 aromatic carbocycles. The number of oxime groups is 1. The van der Waals surface area contributed by atoms with E-state index in [2.05, 4.69) is 14.9 Å². The van der Waals surface area contributed by atoms with E-state index >= 15 is 0 Å². The lowest BCUT2D eigenvalue weighted by atomic mass is 10.1. The molecule has 0 amide bonds. The predicted octanol–water partition coefficient (Wildman–Crippen LogP) is 2.95. The monoisotopic (exact) mass is 348 g/mol. The first-order valence-electron chi connectivity index (χ1n) is 6.41. The molecule has 0 aromatic heterocycles. The van der Waals surface area contributed by atoms with Crippen LogP contribution in [0.5, 0.6) is 0 Å². The quantitative estimate of drug-likeness (QED) is 0.0836. The smallest absolute Gasteiger partial charge is 0.343 e. The number of hydrogen-bond donors (Lipinski definition) is 2. The van der Waals surface area contributed by atoms with Crippen LogP contribution in [0, 0.1) is 23.3 Å². The average molecular weight is 348 g/mol. The van der Waals surface area contributed by atoms with Crippen LogP contribution in [0.2, 0.25) is 0 Å². The summed E-state index contributed by atoms with van der Waals surface area (Å²) in [5.41, 5.74) is -1.90. The second-order valence-corrected chi connectivity index (χ2v) is 4.24. The molecule has 0 fully saturated rings. The highest BCUT2D eigenvalue weighted by Crippen LogP contribution is 2.25. The van der Waals surface area contributed by atoms with Crippen molar-refractivity contribution in [3.05, 3.63) is 40.5 Å². The van der Waals surface area contributed by atoms with E-state index in [1.165, 1.54) is 13.8 Å². The van der Waals surface area contributed by atoms with Gasteiger partial charge in [0.25, 0.3) is 0 Å². The van der Waals surface area contributed by atoms with Crippen molar-refractivity contribution < 1.29 is 37.4 Å². The zero-order valence-electron chi connectivity index (χ0n) is 12.5. The summed E-state index contributed by atoms with van der Waals surface area (Å²) in [5.74, 6) is -10.6. The van der Waals surface area contributed by atoms with Gasteiger partial charge in [-0.2, -0.15) is 0 Å². The van der Waals surface area contributed by atoms with Gasteiger partial charge >= 0.3 is 5.97 Å². The largest absolute Gasteiger partial charge is 0.506 e. The van der Waals surface area contributed by atoms with E-state index in [0.29, 0.717) is 6.21 Å². The van der Waals surface area contributed by atoms with E-state index in [0.717, 1.165) is 0 Å². The fraction of sp³-hybridized carbons (Fsp3) is 0.214. The van der Waals surface area contributed by atoms with Crippen LogP contribution in [0.25, 0.3) is 5.76 Å². The summed E-state index contributed by atoms with van der Waals surface area (Å²) in [5, 5.41) is 21.1. The van der Waals surface area contributed by atoms with Crippen molar-refractivity contribution in [3.63, 3.8) is 0 Å². The van der Waals surface area contributed by atoms with Crippen molar-refractivity contribution in [1.29, 1.82) is 0 Å². The van der Waals surface area contributed by atoms with Crippen LogP contribution < -0.4 is 0 Å². The summed E-state index contributed by atoms with van der Waals surface area (Å²) >= 11 is 0. The van der Waals surface area contributed by atoms with E-state index in [4.69, 9.17) is 5.21 Å². The Morgan fingerprint density at radius 3 is 2.42 bits per heavy atom. The average Bonchev–Trinajstić information content (AvgIpc) is 2.56. The minimum Gasteiger partial charge on any atom is -0.506 e. The molecule has 0 radical (unpaired) electrons. The SMILES string of the molecule is CCOC(=O)C(/C=N/C(C)=N/O)=C(\O)c1cc(F)c(F)c(F)c1F. The van der Waals surface area contributed by atoms with Gasteiger partial charge in [-0.05, 0) is 19.9 Å². The predicted molar refractivity (Wildman–Crippen MR) is 75.8 cm³/mol. The standard InChI is InChI=1S/C14H12F4N2O4/c1-3-24-14(22)8(5-19-6(2)20-23)13(21)7-4-9(15)11(17)12(18)10(7)16/h4-5,21,23H,3H2,1-2H3/b13-8-,19-5+,20-6+. The molecule has 10 heteroatoms. The van der Waals surface area contributed by atoms with Gasteiger partial charge in [0.1, 0.15) is 11.3 Å². The molecule has 130 valence electrons. The van der Waals surface area contributed by atoms with Crippen molar-refractivity contribution in [2.45, 2.75) is 13.8 Å². The van der Waals surface area contributed by atoms with Gasteiger partial charge in [0.2, 0.25) is 0 Å². The van der Waals surface area contributed by atoms with Gasteiger partial charge < -0.3 is 15.1 Å². The molecule has 0 saturated heterocycles. The number of esters is 1. The molecule has 0 aliphatic carbocycles. The molecule has 0 atom stereocenters. The third-order valence-electron chi connectivity index (χ3n) is 2.63. The fourth-order valence-corrected chi connectivity index (χ4v) is 1.49. The zero-order chi connectivity index (χ0) is 18.4. The Morgan fingerprint density at radius 1 is 1.25 bits per heavy atom. The molecule has 24 heavy (non-hydrogen) atoms. The number of hydrogen-bond acceptors (Lipinski definition) is 5. The zero-order valence-corrected chi connectivity index (χ0v) is 12.5. The van der Waals surface area contributed by atoms with Crippen molar-refractivity contribution in [1.82, 2.24) is 0 Å². The number of nitrogens with zero attached hydrogens (tertiary/aromatic N) is 2. The number of aliphatic hydroxyl groups is 1. The van der Waals surface area contributed by atoms with E-state index in [1.54, 1.807) is 0 Å². The Kier molecular flexibility index (Phi) is 6.45. The normalized spacial score (nSPS) is 13.2. The maximum absolute atomic E-state index is 13.7. The van der Waals surface area contributed by atoms with Crippen LogP contribution in [-0.4, -0.2) is 34.9 Å². The summed E-state index contributed by atoms with van der Waals surface area (Å²) in [6.45, 7) is 2.52. The maximum Gasteiger partial charge on any atom is 0.343 e. The molecular weight excluding hydrogens is 336 g/mol. The van der Waals surface area contributed by atoms with Crippen LogP contribution in [0.15, 0.2) is 21.8 Å². The second-order valence-electron chi connectivity index (χ2n) is 4.24. The molecule has 0 unspecified atom stereocenters. The van der Waals surface area contributed by atoms with Gasteiger partial charge in [0.05, 0.1) is 12.2 Å². The van der Waals surface area contributed by atoms with Crippen LogP contribution in [0.3, 0.4) is 0 Å². The highest BCUT2D eigenvalue weighted by molar-refractivity contribution is 6.16. The molecule has 0 bridgehead atoms. The molecule has 0 heterocycles. The number of rotatable bonds is 4. The first-order valence-corrected chi connectivity index (χ1v) is 6.41. The topological polar surface area (TPSA) is 91.5 Å². The number of aliphatic imine (C=N–C) groups is 1. The van der Waals surface area contributed by atoms with Crippen LogP contribution >= 0.6 is 0 Å². The van der Waals surface area contributed by atoms with E-state index in [9.17, 15) is 27.5 Å². The Labute approximate surface area is 133 Å². The summed E-state index contributed by atoms with van der Waals surface area (Å²) in [4.78, 5) is 15.2. The Bertz CT molecular complexity index is 745. The van der Waals surface area contributed by atoms with Crippen molar-refractivity contribution in [2.24, 2.45) is 10.1 Å². The third kappa shape index (κ3) is 4.09. The summed E-state index contributed by atoms with van der Waals surface area (Å²) in [6, 6.07) is 0.170. The van der Waals surface area contributed by atoms with E-state index < -0.39 is 46.1 Å². The van der Waals surface area contributed by atoms with Gasteiger partial charge in [-0.25, -0.2) is 27.3 Å². The summed E-state index contributed by atoms with van der Waals surface area (Å²) in [6.07, 6.45) is 0.640. The number of carbonyl (C=O) groups excluding carboxylic acids is 1. The first-order chi connectivity index (χ1) is 11.2. The van der Waals surface area contributed by atoms with Gasteiger partial charge in [0, 0.05) is 6.21 Å². The van der Waals surface area contributed by atoms with E-state index in [-0.39, 0.29) is 18.5 Å². The number of halogens is 4. The van der Waals surface area contributed by atoms with Gasteiger partial charge in [-0.15, -0.1) is 0 Å². The maximum atomic E-state index is 13.7. The first kappa shape index (κ1) is 19.1. The lowest BCUT2D eigenvalue weighted by Gasteiger charge is -2.09. The highest BCUT2D eigenvalue weighted by Gasteiger charge is 2.25. The lowest BCUT2D eigenvalue weighted by molar-refractivity contribution is -0.137. The third-order valence-corrected chi connectivity index (χ3v) is 2.63. The molecule has 1 rings (SSSR count). The lowest BCUT2D eigenvalue weighted by Crippen LogP contribution is -2.13. The van der Waals surface area contributed by atoms with Crippen LogP contribution in [-0.2, 0) is 9.53 Å². The molecule has 0 aliphatic heterocycles. The Morgan fingerprint density at radius 2 is 1.88 bits per heavy atom. The van der Waals surface area contributed by atoms with Crippen LogP contribution in [0.4, 0.5) is 17.6 Å². The minimum absolute atomic E-state index is 0.134. The molecule has 2 N–H and O–H groups in total. The summed E-state index contributed by atoms with van der Waals surface area (Å²) in [7, 11) is 0. The van der Waals surface area contributed by atoms with Gasteiger partial charge in [0.15, 0.2) is 29.1 Å². The molecule has 0 spiro atoms. The van der Waals surface area contributed by atoms with E-state index in [1.807, 2.05) is 0 Å². The number of amidine groups is 1. The second kappa shape index (κ2) is 8.09. The summed E-state index contributed by atoms with van der Waals surface area (Å²) < 4.78 is 57.8.